The van der Waals surface area contributed by atoms with E-state index in [9.17, 15) is 19.8 Å². The van der Waals surface area contributed by atoms with Crippen molar-refractivity contribution in [2.45, 2.75) is 67.9 Å². The zero-order chi connectivity index (χ0) is 24.9. The van der Waals surface area contributed by atoms with Crippen LogP contribution in [0.5, 0.6) is 0 Å². The van der Waals surface area contributed by atoms with Gasteiger partial charge >= 0.3 is 11.9 Å². The largest absolute Gasteiger partial charge is 0.481 e. The number of aromatic carboxylic acids is 1. The van der Waals surface area contributed by atoms with Gasteiger partial charge in [-0.15, -0.1) is 11.8 Å². The molecular formula is C30H34O4S. The maximum Gasteiger partial charge on any atom is 0.336 e. The Morgan fingerprint density at radius 1 is 0.686 bits per heavy atom. The number of carboxylic acid groups (broad SMARTS) is 2. The van der Waals surface area contributed by atoms with Gasteiger partial charge in [0.05, 0.1) is 12.0 Å². The first-order valence-electron chi connectivity index (χ1n) is 12.4. The van der Waals surface area contributed by atoms with Crippen LogP contribution in [0.25, 0.3) is 0 Å². The third kappa shape index (κ3) is 8.91. The molecule has 0 saturated heterocycles. The number of carboxylic acids is 2. The average Bonchev–Trinajstić information content (AvgIpc) is 2.86. The molecule has 3 rings (SSSR count). The molecule has 0 aliphatic rings. The van der Waals surface area contributed by atoms with E-state index in [2.05, 4.69) is 36.4 Å². The molecule has 0 radical (unpaired) electrons. The highest BCUT2D eigenvalue weighted by atomic mass is 32.2. The fraction of sp³-hybridized carbons (Fsp3) is 0.333. The molecule has 0 heterocycles. The van der Waals surface area contributed by atoms with Crippen LogP contribution in [0.1, 0.15) is 77.2 Å². The summed E-state index contributed by atoms with van der Waals surface area (Å²) in [5.74, 6) is -1.89. The van der Waals surface area contributed by atoms with Crippen molar-refractivity contribution in [2.75, 3.05) is 0 Å². The molecule has 0 aliphatic heterocycles. The lowest BCUT2D eigenvalue weighted by Gasteiger charge is -2.20. The molecule has 0 spiro atoms. The molecule has 0 aromatic heterocycles. The summed E-state index contributed by atoms with van der Waals surface area (Å²) in [7, 11) is 0. The number of aliphatic carboxylic acids is 1. The minimum absolute atomic E-state index is 0.0585. The molecule has 3 aromatic rings. The Kier molecular flexibility index (Phi) is 10.9. The van der Waals surface area contributed by atoms with Crippen molar-refractivity contribution in [1.82, 2.24) is 0 Å². The second kappa shape index (κ2) is 14.4. The molecule has 0 aliphatic carbocycles. The van der Waals surface area contributed by atoms with Gasteiger partial charge in [0.1, 0.15) is 0 Å². The lowest BCUT2D eigenvalue weighted by Crippen LogP contribution is -2.07. The van der Waals surface area contributed by atoms with E-state index in [1.807, 2.05) is 18.2 Å². The smallest absolute Gasteiger partial charge is 0.336 e. The van der Waals surface area contributed by atoms with E-state index in [-0.39, 0.29) is 17.2 Å². The Morgan fingerprint density at radius 3 is 2.00 bits per heavy atom. The molecule has 4 nitrogen and oxygen atoms in total. The molecule has 0 bridgehead atoms. The summed E-state index contributed by atoms with van der Waals surface area (Å²) in [5.41, 5.74) is 3.76. The number of unbranched alkanes of at least 4 members (excludes halogenated alkanes) is 5. The third-order valence-electron chi connectivity index (χ3n) is 6.15. The minimum atomic E-state index is -1.00. The van der Waals surface area contributed by atoms with Crippen LogP contribution >= 0.6 is 11.8 Å². The van der Waals surface area contributed by atoms with Crippen molar-refractivity contribution in [3.8, 4) is 0 Å². The first kappa shape index (κ1) is 26.6. The maximum atomic E-state index is 11.6. The molecule has 184 valence electrons. The molecule has 5 heteroatoms. The van der Waals surface area contributed by atoms with Crippen LogP contribution in [0.2, 0.25) is 0 Å². The van der Waals surface area contributed by atoms with Crippen LogP contribution < -0.4 is 0 Å². The summed E-state index contributed by atoms with van der Waals surface area (Å²) in [6, 6.07) is 25.4. The monoisotopic (exact) mass is 490 g/mol. The van der Waals surface area contributed by atoms with E-state index < -0.39 is 11.9 Å². The van der Waals surface area contributed by atoms with E-state index in [4.69, 9.17) is 0 Å². The summed E-state index contributed by atoms with van der Waals surface area (Å²) in [5, 5.41) is 18.7. The fourth-order valence-corrected chi connectivity index (χ4v) is 5.67. The predicted octanol–water partition coefficient (Wildman–Crippen LogP) is 7.82. The molecule has 1 unspecified atom stereocenters. The molecule has 2 N–H and O–H groups in total. The number of thioether (sulfide) groups is 1. The van der Waals surface area contributed by atoms with E-state index in [1.54, 1.807) is 24.3 Å². The van der Waals surface area contributed by atoms with Crippen molar-refractivity contribution >= 4 is 23.7 Å². The van der Waals surface area contributed by atoms with E-state index in [1.165, 1.54) is 43.0 Å². The first-order chi connectivity index (χ1) is 17.0. The van der Waals surface area contributed by atoms with Gasteiger partial charge < -0.3 is 10.2 Å². The number of benzene rings is 3. The average molecular weight is 491 g/mol. The highest BCUT2D eigenvalue weighted by Crippen LogP contribution is 2.41. The summed E-state index contributed by atoms with van der Waals surface area (Å²) < 4.78 is 0. The highest BCUT2D eigenvalue weighted by Gasteiger charge is 2.22. The molecule has 0 fully saturated rings. The number of aryl methyl sites for hydroxylation is 2. The quantitative estimate of drug-likeness (QED) is 0.168. The number of hydrogen-bond donors (Lipinski definition) is 2. The van der Waals surface area contributed by atoms with Gasteiger partial charge in [-0.25, -0.2) is 4.79 Å². The first-order valence-corrected chi connectivity index (χ1v) is 13.2. The van der Waals surface area contributed by atoms with Gasteiger partial charge in [-0.2, -0.15) is 0 Å². The van der Waals surface area contributed by atoms with Crippen LogP contribution in [0, 0.1) is 0 Å². The summed E-state index contributed by atoms with van der Waals surface area (Å²) in [6.07, 6.45) is 9.10. The zero-order valence-corrected chi connectivity index (χ0v) is 20.9. The molecule has 0 amide bonds. The van der Waals surface area contributed by atoms with Gasteiger partial charge in [0.2, 0.25) is 0 Å². The Morgan fingerprint density at radius 2 is 1.29 bits per heavy atom. The SMILES string of the molecule is O=C(O)CC(Sc1ccccc1C(=O)O)c1ccccc1CCCCCCCCc1ccccc1. The Bertz CT molecular complexity index is 1080. The maximum absolute atomic E-state index is 11.6. The number of carbonyl (C=O) groups is 2. The highest BCUT2D eigenvalue weighted by molar-refractivity contribution is 7.99. The van der Waals surface area contributed by atoms with E-state index in [0.29, 0.717) is 4.90 Å². The van der Waals surface area contributed by atoms with Crippen LogP contribution in [0.4, 0.5) is 0 Å². The van der Waals surface area contributed by atoms with Gasteiger partial charge in [-0.05, 0) is 54.5 Å². The molecule has 3 aromatic carbocycles. The van der Waals surface area contributed by atoms with Crippen LogP contribution in [0.15, 0.2) is 83.8 Å². The second-order valence-electron chi connectivity index (χ2n) is 8.81. The van der Waals surface area contributed by atoms with Crippen molar-refractivity contribution in [1.29, 1.82) is 0 Å². The van der Waals surface area contributed by atoms with E-state index in [0.717, 1.165) is 36.8 Å². The van der Waals surface area contributed by atoms with E-state index >= 15 is 0 Å². The van der Waals surface area contributed by atoms with Gasteiger partial charge in [0.25, 0.3) is 0 Å². The molecule has 0 saturated carbocycles. The van der Waals surface area contributed by atoms with Crippen molar-refractivity contribution < 1.29 is 19.8 Å². The Hall–Kier alpha value is -3.05. The normalized spacial score (nSPS) is 11.8. The van der Waals surface area contributed by atoms with Crippen molar-refractivity contribution in [2.24, 2.45) is 0 Å². The lowest BCUT2D eigenvalue weighted by atomic mass is 9.97. The van der Waals surface area contributed by atoms with Gasteiger partial charge in [0, 0.05) is 10.1 Å². The van der Waals surface area contributed by atoms with Gasteiger partial charge in [0.15, 0.2) is 0 Å². The van der Waals surface area contributed by atoms with Crippen LogP contribution in [-0.2, 0) is 17.6 Å². The second-order valence-corrected chi connectivity index (χ2v) is 10.1. The topological polar surface area (TPSA) is 74.6 Å². The molecular weight excluding hydrogens is 456 g/mol. The van der Waals surface area contributed by atoms with Crippen LogP contribution in [-0.4, -0.2) is 22.2 Å². The lowest BCUT2D eigenvalue weighted by molar-refractivity contribution is -0.137. The van der Waals surface area contributed by atoms with Crippen molar-refractivity contribution in [3.05, 3.63) is 101 Å². The van der Waals surface area contributed by atoms with Gasteiger partial charge in [-0.3, -0.25) is 4.79 Å². The van der Waals surface area contributed by atoms with Crippen molar-refractivity contribution in [3.63, 3.8) is 0 Å². The van der Waals surface area contributed by atoms with Gasteiger partial charge in [-0.1, -0.05) is 92.4 Å². The summed E-state index contributed by atoms with van der Waals surface area (Å²) >= 11 is 1.33. The Labute approximate surface area is 212 Å². The fourth-order valence-electron chi connectivity index (χ4n) is 4.35. The zero-order valence-electron chi connectivity index (χ0n) is 20.1. The summed E-state index contributed by atoms with van der Waals surface area (Å²) in [6.45, 7) is 0. The standard InChI is InChI=1S/C30H34O4S/c31-29(32)22-28(35-27-21-13-12-20-26(27)30(33)34)25-19-11-10-18-24(25)17-9-4-2-1-3-6-14-23-15-7-5-8-16-23/h5,7-8,10-13,15-16,18-21,28H,1-4,6,9,14,17,22H2,(H,31,32)(H,33,34). The Balaban J connectivity index is 1.53. The molecule has 1 atom stereocenters. The van der Waals surface area contributed by atoms with Crippen LogP contribution in [0.3, 0.4) is 0 Å². The number of rotatable bonds is 15. The predicted molar refractivity (Wildman–Crippen MR) is 142 cm³/mol. The minimum Gasteiger partial charge on any atom is -0.481 e. The third-order valence-corrected chi connectivity index (χ3v) is 7.47. The number of hydrogen-bond acceptors (Lipinski definition) is 3. The molecule has 35 heavy (non-hydrogen) atoms. The summed E-state index contributed by atoms with van der Waals surface area (Å²) in [4.78, 5) is 23.9.